The van der Waals surface area contributed by atoms with E-state index in [-0.39, 0.29) is 15.6 Å². The van der Waals surface area contributed by atoms with Crippen molar-refractivity contribution in [3.05, 3.63) is 32.9 Å². The maximum absolute atomic E-state index is 13.2. The third-order valence-corrected chi connectivity index (χ3v) is 2.61. The molecule has 2 nitrogen and oxygen atoms in total. The summed E-state index contributed by atoms with van der Waals surface area (Å²) in [5.74, 6) is -1.49. The lowest BCUT2D eigenvalue weighted by molar-refractivity contribution is 0.0946. The maximum atomic E-state index is 13.2. The zero-order valence-corrected chi connectivity index (χ0v) is 9.25. The Balaban J connectivity index is 2.96. The Morgan fingerprint density at radius 1 is 1.50 bits per heavy atom. The molecule has 0 aliphatic rings. The van der Waals surface area contributed by atoms with E-state index in [1.165, 1.54) is 0 Å². The molecule has 0 unspecified atom stereocenters. The Kier molecular flexibility index (Phi) is 4.21. The van der Waals surface area contributed by atoms with Crippen LogP contribution in [0, 0.1) is 21.3 Å². The quantitative estimate of drug-likeness (QED) is 0.825. The van der Waals surface area contributed by atoms with Gasteiger partial charge in [-0.1, -0.05) is 0 Å². The van der Waals surface area contributed by atoms with Gasteiger partial charge in [-0.3, -0.25) is 0 Å². The normalized spacial score (nSPS) is 12.9. The van der Waals surface area contributed by atoms with Gasteiger partial charge >= 0.3 is 0 Å². The van der Waals surface area contributed by atoms with E-state index in [0.717, 1.165) is 0 Å². The van der Waals surface area contributed by atoms with E-state index < -0.39 is 24.3 Å². The molecular weight excluding hydrogens is 305 g/mol. The molecule has 1 rings (SSSR count). The fourth-order valence-electron chi connectivity index (χ4n) is 1.01. The number of aliphatic hydroxyl groups is 2. The average Bonchev–Trinajstić information content (AvgIpc) is 2.10. The van der Waals surface area contributed by atoms with Crippen molar-refractivity contribution in [1.29, 1.82) is 0 Å². The summed E-state index contributed by atoms with van der Waals surface area (Å²) in [5.41, 5.74) is 0.175. The van der Waals surface area contributed by atoms with Gasteiger partial charge in [0.05, 0.1) is 12.7 Å². The SMILES string of the molecule is OC[C@H](O)Cc1c(I)[c]c(F)cc1F. The van der Waals surface area contributed by atoms with Crippen LogP contribution in [-0.2, 0) is 6.42 Å². The van der Waals surface area contributed by atoms with Gasteiger partial charge in [0.2, 0.25) is 0 Å². The van der Waals surface area contributed by atoms with Crippen LogP contribution in [0.25, 0.3) is 0 Å². The molecule has 77 valence electrons. The van der Waals surface area contributed by atoms with E-state index in [2.05, 4.69) is 6.07 Å². The summed E-state index contributed by atoms with van der Waals surface area (Å²) in [7, 11) is 0. The molecule has 0 saturated heterocycles. The van der Waals surface area contributed by atoms with Crippen molar-refractivity contribution in [2.75, 3.05) is 6.61 Å². The smallest absolute Gasteiger partial charge is 0.135 e. The highest BCUT2D eigenvalue weighted by molar-refractivity contribution is 14.1. The minimum atomic E-state index is -1.03. The van der Waals surface area contributed by atoms with Crippen LogP contribution in [-0.4, -0.2) is 22.9 Å². The molecule has 0 bridgehead atoms. The fourth-order valence-corrected chi connectivity index (χ4v) is 1.74. The van der Waals surface area contributed by atoms with Gasteiger partial charge in [0, 0.05) is 27.7 Å². The number of aliphatic hydroxyl groups excluding tert-OH is 2. The molecule has 0 saturated carbocycles. The lowest BCUT2D eigenvalue weighted by atomic mass is 10.1. The number of rotatable bonds is 3. The lowest BCUT2D eigenvalue weighted by Crippen LogP contribution is -2.17. The number of hydrogen-bond acceptors (Lipinski definition) is 2. The largest absolute Gasteiger partial charge is 0.394 e. The second-order valence-electron chi connectivity index (χ2n) is 2.80. The van der Waals surface area contributed by atoms with E-state index in [0.29, 0.717) is 6.07 Å². The molecule has 0 aliphatic heterocycles. The van der Waals surface area contributed by atoms with Crippen molar-refractivity contribution >= 4 is 22.6 Å². The number of hydrogen-bond donors (Lipinski definition) is 2. The van der Waals surface area contributed by atoms with Gasteiger partial charge in [-0.05, 0) is 22.6 Å². The molecule has 0 aromatic heterocycles. The first-order chi connectivity index (χ1) is 6.54. The van der Waals surface area contributed by atoms with Crippen LogP contribution in [0.4, 0.5) is 8.78 Å². The van der Waals surface area contributed by atoms with E-state index in [4.69, 9.17) is 10.2 Å². The molecule has 0 amide bonds. The average molecular weight is 313 g/mol. The summed E-state index contributed by atoms with van der Waals surface area (Å²) in [6.07, 6.45) is -1.07. The molecule has 2 N–H and O–H groups in total. The van der Waals surface area contributed by atoms with Crippen LogP contribution in [0.5, 0.6) is 0 Å². The minimum absolute atomic E-state index is 0.0443. The molecule has 14 heavy (non-hydrogen) atoms. The van der Waals surface area contributed by atoms with Crippen LogP contribution in [0.2, 0.25) is 0 Å². The molecule has 5 heteroatoms. The highest BCUT2D eigenvalue weighted by Gasteiger charge is 2.13. The van der Waals surface area contributed by atoms with Crippen LogP contribution in [0.1, 0.15) is 5.56 Å². The standard InChI is InChI=1S/C9H8F2IO2/c10-5-1-8(11)7(9(12)2-5)3-6(14)4-13/h1,6,13-14H,3-4H2/t6-/m1/s1. The van der Waals surface area contributed by atoms with Crippen LogP contribution >= 0.6 is 22.6 Å². The van der Waals surface area contributed by atoms with Crippen LogP contribution in [0.15, 0.2) is 6.07 Å². The van der Waals surface area contributed by atoms with Gasteiger partial charge in [0.15, 0.2) is 0 Å². The van der Waals surface area contributed by atoms with Crippen LogP contribution < -0.4 is 0 Å². The van der Waals surface area contributed by atoms with Crippen molar-refractivity contribution in [2.24, 2.45) is 0 Å². The second kappa shape index (κ2) is 4.99. The summed E-state index contributed by atoms with van der Waals surface area (Å²) >= 11 is 1.73. The van der Waals surface area contributed by atoms with Gasteiger partial charge in [0.25, 0.3) is 0 Å². The van der Waals surface area contributed by atoms with Gasteiger partial charge < -0.3 is 10.2 Å². The highest BCUT2D eigenvalue weighted by Crippen LogP contribution is 2.19. The monoisotopic (exact) mass is 313 g/mol. The zero-order valence-electron chi connectivity index (χ0n) is 7.10. The van der Waals surface area contributed by atoms with E-state index in [1.54, 1.807) is 22.6 Å². The van der Waals surface area contributed by atoms with Gasteiger partial charge in [-0.25, -0.2) is 8.78 Å². The molecule has 1 atom stereocenters. The first-order valence-electron chi connectivity index (χ1n) is 3.89. The van der Waals surface area contributed by atoms with Crippen molar-refractivity contribution in [3.63, 3.8) is 0 Å². The van der Waals surface area contributed by atoms with E-state index >= 15 is 0 Å². The number of halogens is 3. The van der Waals surface area contributed by atoms with Crippen molar-refractivity contribution in [2.45, 2.75) is 12.5 Å². The van der Waals surface area contributed by atoms with Crippen LogP contribution in [0.3, 0.4) is 0 Å². The zero-order chi connectivity index (χ0) is 10.7. The second-order valence-corrected chi connectivity index (χ2v) is 3.88. The van der Waals surface area contributed by atoms with Gasteiger partial charge in [-0.2, -0.15) is 0 Å². The summed E-state index contributed by atoms with van der Waals surface area (Å²) in [6.45, 7) is -0.451. The third-order valence-electron chi connectivity index (χ3n) is 1.69. The van der Waals surface area contributed by atoms with Crippen molar-refractivity contribution in [1.82, 2.24) is 0 Å². The Morgan fingerprint density at radius 3 is 2.64 bits per heavy atom. The molecule has 0 aliphatic carbocycles. The summed E-state index contributed by atoms with van der Waals surface area (Å²) in [6, 6.07) is 3.01. The van der Waals surface area contributed by atoms with E-state index in [9.17, 15) is 8.78 Å². The Morgan fingerprint density at radius 2 is 2.14 bits per heavy atom. The molecule has 1 aromatic carbocycles. The molecule has 0 spiro atoms. The van der Waals surface area contributed by atoms with E-state index in [1.807, 2.05) is 0 Å². The Hall–Kier alpha value is -0.270. The predicted molar refractivity (Wildman–Crippen MR) is 54.7 cm³/mol. The molecular formula is C9H8F2IO2. The first kappa shape index (κ1) is 11.8. The van der Waals surface area contributed by atoms with Crippen molar-refractivity contribution < 1.29 is 19.0 Å². The predicted octanol–water partition coefficient (Wildman–Crippen LogP) is 1.27. The fraction of sp³-hybridized carbons (Fsp3) is 0.333. The van der Waals surface area contributed by atoms with Crippen molar-refractivity contribution in [3.8, 4) is 0 Å². The first-order valence-corrected chi connectivity index (χ1v) is 4.97. The Bertz CT molecular complexity index is 308. The van der Waals surface area contributed by atoms with Gasteiger partial charge in [0.1, 0.15) is 11.6 Å². The van der Waals surface area contributed by atoms with Gasteiger partial charge in [-0.15, -0.1) is 0 Å². The minimum Gasteiger partial charge on any atom is -0.394 e. The molecule has 1 aromatic rings. The molecule has 0 fully saturated rings. The summed E-state index contributed by atoms with van der Waals surface area (Å²) < 4.78 is 26.1. The highest BCUT2D eigenvalue weighted by atomic mass is 127. The summed E-state index contributed by atoms with van der Waals surface area (Å²) in [5, 5.41) is 17.7. The third kappa shape index (κ3) is 2.86. The maximum Gasteiger partial charge on any atom is 0.135 e. The summed E-state index contributed by atoms with van der Waals surface area (Å²) in [4.78, 5) is 0. The number of benzene rings is 1. The Labute approximate surface area is 93.7 Å². The molecule has 1 radical (unpaired) electrons. The lowest BCUT2D eigenvalue weighted by Gasteiger charge is -2.09. The topological polar surface area (TPSA) is 40.5 Å². The molecule has 0 heterocycles.